The molecule has 0 radical (unpaired) electrons. The van der Waals surface area contributed by atoms with Crippen LogP contribution in [-0.4, -0.2) is 39.0 Å². The second-order valence-corrected chi connectivity index (χ2v) is 3.33. The topological polar surface area (TPSA) is 30.5 Å². The first-order chi connectivity index (χ1) is 6.85. The van der Waals surface area contributed by atoms with E-state index in [1.165, 1.54) is 6.42 Å². The number of hydrogen-bond donors (Lipinski definition) is 1. The van der Waals surface area contributed by atoms with Crippen LogP contribution in [0.2, 0.25) is 0 Å². The summed E-state index contributed by atoms with van der Waals surface area (Å²) in [7, 11) is 0. The molecule has 1 unspecified atom stereocenters. The average molecular weight is 203 g/mol. The van der Waals surface area contributed by atoms with Crippen molar-refractivity contribution >= 4 is 0 Å². The molecule has 0 saturated heterocycles. The molecule has 0 aliphatic heterocycles. The van der Waals surface area contributed by atoms with Crippen LogP contribution in [0, 0.1) is 0 Å². The summed E-state index contributed by atoms with van der Waals surface area (Å²) in [5.41, 5.74) is 0. The molecule has 0 aromatic heterocycles. The van der Waals surface area contributed by atoms with Gasteiger partial charge in [0.05, 0.1) is 19.8 Å². The summed E-state index contributed by atoms with van der Waals surface area (Å²) < 4.78 is 10.7. The van der Waals surface area contributed by atoms with Crippen molar-refractivity contribution in [1.29, 1.82) is 0 Å². The Labute approximate surface area is 88.2 Å². The molecule has 3 heteroatoms. The normalized spacial score (nSPS) is 13.1. The lowest BCUT2D eigenvalue weighted by Gasteiger charge is -2.16. The summed E-state index contributed by atoms with van der Waals surface area (Å²) >= 11 is 0. The van der Waals surface area contributed by atoms with Gasteiger partial charge < -0.3 is 14.8 Å². The predicted molar refractivity (Wildman–Crippen MR) is 59.7 cm³/mol. The summed E-state index contributed by atoms with van der Waals surface area (Å²) in [6, 6.07) is 0.497. The molecule has 0 amide bonds. The molecule has 0 rings (SSSR count). The first kappa shape index (κ1) is 13.9. The van der Waals surface area contributed by atoms with Crippen LogP contribution in [0.4, 0.5) is 0 Å². The smallest absolute Gasteiger partial charge is 0.0701 e. The molecule has 3 nitrogen and oxygen atoms in total. The molecule has 0 aliphatic carbocycles. The van der Waals surface area contributed by atoms with Gasteiger partial charge in [0.25, 0.3) is 0 Å². The maximum absolute atomic E-state index is 5.50. The monoisotopic (exact) mass is 203 g/mol. The van der Waals surface area contributed by atoms with E-state index < -0.39 is 0 Å². The number of ether oxygens (including phenoxy) is 2. The number of hydrogen-bond acceptors (Lipinski definition) is 3. The van der Waals surface area contributed by atoms with Gasteiger partial charge in [0.2, 0.25) is 0 Å². The van der Waals surface area contributed by atoms with Crippen molar-refractivity contribution in [2.45, 2.75) is 39.7 Å². The lowest BCUT2D eigenvalue weighted by Crippen LogP contribution is -2.33. The molecule has 86 valence electrons. The molecular formula is C11H25NO2. The van der Waals surface area contributed by atoms with Crippen LogP contribution in [-0.2, 0) is 9.47 Å². The minimum absolute atomic E-state index is 0.497. The van der Waals surface area contributed by atoms with E-state index >= 15 is 0 Å². The second-order valence-electron chi connectivity index (χ2n) is 3.33. The number of nitrogens with one attached hydrogen (secondary N) is 1. The fraction of sp³-hybridized carbons (Fsp3) is 1.00. The van der Waals surface area contributed by atoms with Crippen molar-refractivity contribution in [2.75, 3.05) is 33.0 Å². The second kappa shape index (κ2) is 11.0. The fourth-order valence-corrected chi connectivity index (χ4v) is 1.16. The predicted octanol–water partition coefficient (Wildman–Crippen LogP) is 1.82. The molecule has 0 fully saturated rings. The first-order valence-electron chi connectivity index (χ1n) is 5.73. The lowest BCUT2D eigenvalue weighted by atomic mass is 10.2. The average Bonchev–Trinajstić information content (AvgIpc) is 2.22. The van der Waals surface area contributed by atoms with Crippen LogP contribution in [0.5, 0.6) is 0 Å². The Morgan fingerprint density at radius 1 is 1.07 bits per heavy atom. The zero-order valence-electron chi connectivity index (χ0n) is 9.84. The van der Waals surface area contributed by atoms with Crippen LogP contribution < -0.4 is 5.32 Å². The molecule has 0 aliphatic rings. The van der Waals surface area contributed by atoms with Gasteiger partial charge in [-0.25, -0.2) is 0 Å². The van der Waals surface area contributed by atoms with Crippen LogP contribution >= 0.6 is 0 Å². The van der Waals surface area contributed by atoms with Crippen molar-refractivity contribution in [3.05, 3.63) is 0 Å². The van der Waals surface area contributed by atoms with Crippen molar-refractivity contribution in [1.82, 2.24) is 5.32 Å². The molecule has 0 aromatic rings. The summed E-state index contributed by atoms with van der Waals surface area (Å²) in [5.74, 6) is 0. The van der Waals surface area contributed by atoms with Crippen molar-refractivity contribution in [2.24, 2.45) is 0 Å². The Morgan fingerprint density at radius 3 is 2.36 bits per heavy atom. The maximum atomic E-state index is 5.50. The van der Waals surface area contributed by atoms with Gasteiger partial charge in [-0.05, 0) is 26.3 Å². The minimum Gasteiger partial charge on any atom is -0.379 e. The molecule has 0 bridgehead atoms. The third-order valence-corrected chi connectivity index (χ3v) is 2.07. The van der Waals surface area contributed by atoms with Gasteiger partial charge in [-0.15, -0.1) is 0 Å². The van der Waals surface area contributed by atoms with Gasteiger partial charge in [-0.3, -0.25) is 0 Å². The molecule has 14 heavy (non-hydrogen) atoms. The largest absolute Gasteiger partial charge is 0.379 e. The lowest BCUT2D eigenvalue weighted by molar-refractivity contribution is 0.0431. The third-order valence-electron chi connectivity index (χ3n) is 2.07. The summed E-state index contributed by atoms with van der Waals surface area (Å²) in [6.45, 7) is 10.4. The molecule has 0 saturated carbocycles. The van der Waals surface area contributed by atoms with E-state index in [1.54, 1.807) is 0 Å². The van der Waals surface area contributed by atoms with E-state index in [-0.39, 0.29) is 0 Å². The van der Waals surface area contributed by atoms with Crippen molar-refractivity contribution in [3.8, 4) is 0 Å². The van der Waals surface area contributed by atoms with Gasteiger partial charge in [0, 0.05) is 12.6 Å². The summed E-state index contributed by atoms with van der Waals surface area (Å²) in [5, 5.41) is 3.44. The molecule has 1 N–H and O–H groups in total. The molecule has 0 spiro atoms. The van der Waals surface area contributed by atoms with Crippen molar-refractivity contribution in [3.63, 3.8) is 0 Å². The SMILES string of the molecule is CCCNC(CC)COCCOCC. The van der Waals surface area contributed by atoms with Crippen molar-refractivity contribution < 1.29 is 9.47 Å². The first-order valence-corrected chi connectivity index (χ1v) is 5.73. The van der Waals surface area contributed by atoms with Crippen LogP contribution in [0.15, 0.2) is 0 Å². The zero-order valence-corrected chi connectivity index (χ0v) is 9.84. The van der Waals surface area contributed by atoms with E-state index in [4.69, 9.17) is 9.47 Å². The molecular weight excluding hydrogens is 178 g/mol. The Balaban J connectivity index is 3.24. The van der Waals surface area contributed by atoms with Gasteiger partial charge in [0.15, 0.2) is 0 Å². The zero-order chi connectivity index (χ0) is 10.6. The Kier molecular flexibility index (Phi) is 10.9. The highest BCUT2D eigenvalue weighted by Crippen LogP contribution is 1.92. The Morgan fingerprint density at radius 2 is 1.79 bits per heavy atom. The van der Waals surface area contributed by atoms with E-state index in [1.807, 2.05) is 6.92 Å². The highest BCUT2D eigenvalue weighted by Gasteiger charge is 2.03. The maximum Gasteiger partial charge on any atom is 0.0701 e. The Bertz CT molecular complexity index is 109. The van der Waals surface area contributed by atoms with E-state index in [9.17, 15) is 0 Å². The van der Waals surface area contributed by atoms with E-state index in [0.717, 1.165) is 26.2 Å². The van der Waals surface area contributed by atoms with Crippen LogP contribution in [0.3, 0.4) is 0 Å². The van der Waals surface area contributed by atoms with E-state index in [2.05, 4.69) is 19.2 Å². The quantitative estimate of drug-likeness (QED) is 0.549. The number of rotatable bonds is 10. The fourth-order valence-electron chi connectivity index (χ4n) is 1.16. The van der Waals surface area contributed by atoms with Gasteiger partial charge >= 0.3 is 0 Å². The molecule has 0 aromatic carbocycles. The highest BCUT2D eigenvalue weighted by molar-refractivity contribution is 4.62. The molecule has 0 heterocycles. The third kappa shape index (κ3) is 8.48. The molecule has 1 atom stereocenters. The van der Waals surface area contributed by atoms with Gasteiger partial charge in [0.1, 0.15) is 0 Å². The summed E-state index contributed by atoms with van der Waals surface area (Å²) in [6.07, 6.45) is 2.30. The van der Waals surface area contributed by atoms with E-state index in [0.29, 0.717) is 19.3 Å². The Hall–Kier alpha value is -0.120. The van der Waals surface area contributed by atoms with Crippen LogP contribution in [0.25, 0.3) is 0 Å². The highest BCUT2D eigenvalue weighted by atomic mass is 16.5. The minimum atomic E-state index is 0.497. The van der Waals surface area contributed by atoms with Gasteiger partial charge in [-0.2, -0.15) is 0 Å². The van der Waals surface area contributed by atoms with Crippen LogP contribution in [0.1, 0.15) is 33.6 Å². The van der Waals surface area contributed by atoms with Gasteiger partial charge in [-0.1, -0.05) is 13.8 Å². The summed E-state index contributed by atoms with van der Waals surface area (Å²) in [4.78, 5) is 0. The standard InChI is InChI=1S/C11H25NO2/c1-4-7-12-11(5-2)10-14-9-8-13-6-3/h11-12H,4-10H2,1-3H3.